The van der Waals surface area contributed by atoms with E-state index in [2.05, 4.69) is 10.1 Å². The summed E-state index contributed by atoms with van der Waals surface area (Å²) in [5, 5.41) is 5.46. The molecule has 0 bridgehead atoms. The minimum atomic E-state index is -4.67. The van der Waals surface area contributed by atoms with Crippen molar-refractivity contribution in [3.05, 3.63) is 47.4 Å². The third-order valence-corrected chi connectivity index (χ3v) is 5.89. The zero-order chi connectivity index (χ0) is 22.3. The lowest BCUT2D eigenvalue weighted by Gasteiger charge is -2.25. The molecule has 9 heteroatoms. The first-order chi connectivity index (χ1) is 14.7. The van der Waals surface area contributed by atoms with Gasteiger partial charge < -0.3 is 10.5 Å². The van der Waals surface area contributed by atoms with Crippen molar-refractivity contribution in [2.75, 3.05) is 0 Å². The number of alkyl halides is 3. The van der Waals surface area contributed by atoms with Crippen molar-refractivity contribution in [1.29, 1.82) is 0 Å². The number of aryl methyl sites for hydroxylation is 1. The van der Waals surface area contributed by atoms with E-state index in [4.69, 9.17) is 5.73 Å². The van der Waals surface area contributed by atoms with Gasteiger partial charge >= 0.3 is 6.18 Å². The number of carbonyl (C=O) groups is 2. The largest absolute Gasteiger partial charge is 0.433 e. The number of halogens is 3. The SMILES string of the molecule is Cc1cc2nn(C3CCC(C=O)CC3)cc2cc1-c1ccc(C(F)(F)F)nc1C(N)=O. The Morgan fingerprint density at radius 2 is 1.87 bits per heavy atom. The normalized spacial score (nSPS) is 19.5. The van der Waals surface area contributed by atoms with E-state index in [1.165, 1.54) is 6.07 Å². The maximum Gasteiger partial charge on any atom is 0.433 e. The van der Waals surface area contributed by atoms with Crippen LogP contribution >= 0.6 is 0 Å². The van der Waals surface area contributed by atoms with Gasteiger partial charge in [-0.3, -0.25) is 9.48 Å². The Kier molecular flexibility index (Phi) is 5.28. The number of amides is 1. The van der Waals surface area contributed by atoms with E-state index < -0.39 is 23.5 Å². The molecule has 162 valence electrons. The van der Waals surface area contributed by atoms with Gasteiger partial charge in [0, 0.05) is 23.1 Å². The highest BCUT2D eigenvalue weighted by atomic mass is 19.4. The van der Waals surface area contributed by atoms with Gasteiger partial charge in [-0.1, -0.05) is 0 Å². The van der Waals surface area contributed by atoms with Gasteiger partial charge in [0.2, 0.25) is 0 Å². The predicted octanol–water partition coefficient (Wildman–Crippen LogP) is 4.45. The van der Waals surface area contributed by atoms with Crippen molar-refractivity contribution in [2.24, 2.45) is 11.7 Å². The van der Waals surface area contributed by atoms with Crippen LogP contribution in [0.15, 0.2) is 30.5 Å². The number of aromatic nitrogens is 3. The first-order valence-corrected chi connectivity index (χ1v) is 10.0. The van der Waals surface area contributed by atoms with Crippen molar-refractivity contribution in [2.45, 2.75) is 44.8 Å². The van der Waals surface area contributed by atoms with Crippen molar-refractivity contribution in [1.82, 2.24) is 14.8 Å². The molecule has 4 rings (SSSR count). The summed E-state index contributed by atoms with van der Waals surface area (Å²) >= 11 is 0. The Morgan fingerprint density at radius 1 is 1.16 bits per heavy atom. The van der Waals surface area contributed by atoms with Crippen LogP contribution in [0.2, 0.25) is 0 Å². The minimum Gasteiger partial charge on any atom is -0.364 e. The fourth-order valence-corrected chi connectivity index (χ4v) is 4.20. The summed E-state index contributed by atoms with van der Waals surface area (Å²) in [6.07, 6.45) is 1.61. The summed E-state index contributed by atoms with van der Waals surface area (Å²) in [7, 11) is 0. The van der Waals surface area contributed by atoms with Crippen molar-refractivity contribution in [3.63, 3.8) is 0 Å². The second-order valence-corrected chi connectivity index (χ2v) is 7.99. The second-order valence-electron chi connectivity index (χ2n) is 7.99. The molecule has 0 aliphatic heterocycles. The van der Waals surface area contributed by atoms with E-state index in [1.807, 2.05) is 16.9 Å². The molecule has 0 saturated heterocycles. The summed E-state index contributed by atoms with van der Waals surface area (Å²) in [5.74, 6) is -0.919. The van der Waals surface area contributed by atoms with Gasteiger partial charge in [0.1, 0.15) is 17.7 Å². The van der Waals surface area contributed by atoms with Gasteiger partial charge in [-0.2, -0.15) is 18.3 Å². The van der Waals surface area contributed by atoms with E-state index in [9.17, 15) is 22.8 Å². The van der Waals surface area contributed by atoms with Gasteiger partial charge in [-0.25, -0.2) is 4.98 Å². The van der Waals surface area contributed by atoms with Crippen LogP contribution in [-0.2, 0) is 11.0 Å². The van der Waals surface area contributed by atoms with E-state index in [1.54, 1.807) is 13.0 Å². The topological polar surface area (TPSA) is 90.9 Å². The van der Waals surface area contributed by atoms with Gasteiger partial charge in [0.25, 0.3) is 5.91 Å². The fraction of sp³-hybridized carbons (Fsp3) is 0.364. The highest BCUT2D eigenvalue weighted by Gasteiger charge is 2.34. The van der Waals surface area contributed by atoms with Crippen LogP contribution < -0.4 is 5.73 Å². The second kappa shape index (κ2) is 7.79. The summed E-state index contributed by atoms with van der Waals surface area (Å²) < 4.78 is 41.0. The Balaban J connectivity index is 1.74. The number of benzene rings is 1. The lowest BCUT2D eigenvalue weighted by atomic mass is 9.87. The summed E-state index contributed by atoms with van der Waals surface area (Å²) in [5.41, 5.74) is 6.07. The lowest BCUT2D eigenvalue weighted by molar-refractivity contribution is -0.141. The number of nitrogens with zero attached hydrogens (tertiary/aromatic N) is 3. The number of nitrogens with two attached hydrogens (primary N) is 1. The molecule has 6 nitrogen and oxygen atoms in total. The number of primary amides is 1. The molecule has 1 aliphatic rings. The summed E-state index contributed by atoms with van der Waals surface area (Å²) in [6, 6.07) is 5.90. The van der Waals surface area contributed by atoms with Gasteiger partial charge in [-0.05, 0) is 68.0 Å². The van der Waals surface area contributed by atoms with Crippen molar-refractivity contribution in [3.8, 4) is 11.1 Å². The first kappa shape index (κ1) is 21.0. The molecule has 1 fully saturated rings. The predicted molar refractivity (Wildman–Crippen MR) is 108 cm³/mol. The monoisotopic (exact) mass is 430 g/mol. The smallest absolute Gasteiger partial charge is 0.364 e. The Morgan fingerprint density at radius 3 is 2.48 bits per heavy atom. The van der Waals surface area contributed by atoms with E-state index >= 15 is 0 Å². The molecule has 31 heavy (non-hydrogen) atoms. The van der Waals surface area contributed by atoms with Crippen LogP contribution in [-0.4, -0.2) is 27.0 Å². The highest BCUT2D eigenvalue weighted by molar-refractivity contribution is 5.99. The van der Waals surface area contributed by atoms with E-state index in [0.29, 0.717) is 5.56 Å². The number of hydrogen-bond acceptors (Lipinski definition) is 4. The zero-order valence-corrected chi connectivity index (χ0v) is 16.8. The average molecular weight is 430 g/mol. The molecule has 1 aromatic carbocycles. The summed E-state index contributed by atoms with van der Waals surface area (Å²) in [6.45, 7) is 1.80. The molecule has 0 unspecified atom stereocenters. The molecule has 1 aliphatic carbocycles. The highest BCUT2D eigenvalue weighted by Crippen LogP contribution is 2.35. The molecule has 1 amide bonds. The number of rotatable bonds is 4. The number of hydrogen-bond donors (Lipinski definition) is 1. The van der Waals surface area contributed by atoms with Gasteiger partial charge in [-0.15, -0.1) is 0 Å². The minimum absolute atomic E-state index is 0.106. The Bertz CT molecular complexity index is 1160. The molecule has 3 aromatic rings. The lowest BCUT2D eigenvalue weighted by Crippen LogP contribution is -2.19. The molecular weight excluding hydrogens is 409 g/mol. The Labute approximate surface area is 176 Å². The standard InChI is InChI=1S/C22H21F3N4O2/c1-12-8-18-14(10-29(28-18)15-4-2-13(11-30)3-5-15)9-17(12)16-6-7-19(22(23,24)25)27-20(16)21(26)31/h6-11,13,15H,2-5H2,1H3,(H2,26,31). The molecule has 2 N–H and O–H groups in total. The third kappa shape index (κ3) is 4.04. The van der Waals surface area contributed by atoms with Gasteiger partial charge in [0.15, 0.2) is 0 Å². The molecule has 1 saturated carbocycles. The number of pyridine rings is 1. The van der Waals surface area contributed by atoms with E-state index in [-0.39, 0.29) is 17.5 Å². The Hall–Kier alpha value is -3.23. The number of aldehydes is 1. The van der Waals surface area contributed by atoms with Crippen LogP contribution in [0, 0.1) is 12.8 Å². The molecule has 2 aromatic heterocycles. The molecule has 0 radical (unpaired) electrons. The molecular formula is C22H21F3N4O2. The van der Waals surface area contributed by atoms with E-state index in [0.717, 1.165) is 54.5 Å². The zero-order valence-electron chi connectivity index (χ0n) is 16.8. The summed E-state index contributed by atoms with van der Waals surface area (Å²) in [4.78, 5) is 26.3. The van der Waals surface area contributed by atoms with Crippen molar-refractivity contribution < 1.29 is 22.8 Å². The van der Waals surface area contributed by atoms with Crippen molar-refractivity contribution >= 4 is 23.1 Å². The third-order valence-electron chi connectivity index (χ3n) is 5.89. The quantitative estimate of drug-likeness (QED) is 0.619. The van der Waals surface area contributed by atoms with Gasteiger partial charge in [0.05, 0.1) is 11.6 Å². The van der Waals surface area contributed by atoms with Crippen LogP contribution in [0.1, 0.15) is 53.5 Å². The average Bonchev–Trinajstić information content (AvgIpc) is 3.14. The molecule has 0 atom stereocenters. The maximum atomic E-state index is 13.0. The van der Waals surface area contributed by atoms with Crippen LogP contribution in [0.4, 0.5) is 13.2 Å². The molecule has 2 heterocycles. The van der Waals surface area contributed by atoms with Crippen LogP contribution in [0.25, 0.3) is 22.0 Å². The number of carbonyl (C=O) groups excluding carboxylic acids is 2. The first-order valence-electron chi connectivity index (χ1n) is 10.0. The number of fused-ring (bicyclic) bond motifs is 1. The fourth-order valence-electron chi connectivity index (χ4n) is 4.20. The maximum absolute atomic E-state index is 13.0. The van der Waals surface area contributed by atoms with Crippen LogP contribution in [0.5, 0.6) is 0 Å². The molecule has 0 spiro atoms. The van der Waals surface area contributed by atoms with Crippen LogP contribution in [0.3, 0.4) is 0 Å².